The number of pyridine rings is 1. The third kappa shape index (κ3) is 3.30. The van der Waals surface area contributed by atoms with Crippen molar-refractivity contribution in [2.75, 3.05) is 26.2 Å². The van der Waals surface area contributed by atoms with Gasteiger partial charge < -0.3 is 9.80 Å². The maximum Gasteiger partial charge on any atom is 0.257 e. The SMILES string of the molecule is CCc1ccc(C(=O)N2CCN(C(=O)c3cnn4ccccc34)CC2)cc1. The Morgan fingerprint density at radius 2 is 1.59 bits per heavy atom. The van der Waals surface area contributed by atoms with Crippen molar-refractivity contribution in [1.82, 2.24) is 19.4 Å². The van der Waals surface area contributed by atoms with Crippen molar-refractivity contribution in [3.8, 4) is 0 Å². The molecule has 27 heavy (non-hydrogen) atoms. The van der Waals surface area contributed by atoms with Gasteiger partial charge in [0.25, 0.3) is 11.8 Å². The normalized spacial score (nSPS) is 14.6. The van der Waals surface area contributed by atoms with E-state index in [9.17, 15) is 9.59 Å². The number of amides is 2. The first kappa shape index (κ1) is 17.3. The molecule has 0 bridgehead atoms. The van der Waals surface area contributed by atoms with Gasteiger partial charge in [0.05, 0.1) is 17.3 Å². The molecule has 0 aliphatic carbocycles. The summed E-state index contributed by atoms with van der Waals surface area (Å²) in [6.45, 7) is 4.24. The quantitative estimate of drug-likeness (QED) is 0.719. The van der Waals surface area contributed by atoms with Gasteiger partial charge in [-0.15, -0.1) is 0 Å². The highest BCUT2D eigenvalue weighted by molar-refractivity contribution is 6.01. The summed E-state index contributed by atoms with van der Waals surface area (Å²) < 4.78 is 1.70. The number of hydrogen-bond acceptors (Lipinski definition) is 3. The van der Waals surface area contributed by atoms with Gasteiger partial charge in [-0.2, -0.15) is 5.10 Å². The predicted octanol–water partition coefficient (Wildman–Crippen LogP) is 2.49. The van der Waals surface area contributed by atoms with Crippen LogP contribution in [0.1, 0.15) is 33.2 Å². The van der Waals surface area contributed by atoms with Crippen molar-refractivity contribution >= 4 is 17.3 Å². The zero-order valence-electron chi connectivity index (χ0n) is 15.3. The Hall–Kier alpha value is -3.15. The molecule has 0 radical (unpaired) electrons. The summed E-state index contributed by atoms with van der Waals surface area (Å²) in [4.78, 5) is 29.2. The number of carbonyl (C=O) groups excluding carboxylic acids is 2. The first-order valence-electron chi connectivity index (χ1n) is 9.27. The standard InChI is InChI=1S/C21H22N4O2/c1-2-16-6-8-17(9-7-16)20(26)23-11-13-24(14-12-23)21(27)18-15-22-25-10-4-3-5-19(18)25/h3-10,15H,2,11-14H2,1H3. The van der Waals surface area contributed by atoms with Crippen LogP contribution in [0.4, 0.5) is 0 Å². The molecule has 0 atom stereocenters. The highest BCUT2D eigenvalue weighted by atomic mass is 16.2. The van der Waals surface area contributed by atoms with E-state index in [1.165, 1.54) is 5.56 Å². The third-order valence-corrected chi connectivity index (χ3v) is 5.12. The molecule has 2 aromatic heterocycles. The Morgan fingerprint density at radius 1 is 0.926 bits per heavy atom. The van der Waals surface area contributed by atoms with Gasteiger partial charge in [-0.05, 0) is 36.2 Å². The van der Waals surface area contributed by atoms with Crippen molar-refractivity contribution < 1.29 is 9.59 Å². The van der Waals surface area contributed by atoms with Crippen LogP contribution in [0.5, 0.6) is 0 Å². The predicted molar refractivity (Wildman–Crippen MR) is 103 cm³/mol. The summed E-state index contributed by atoms with van der Waals surface area (Å²) in [5.74, 6) is -0.00340. The van der Waals surface area contributed by atoms with Crippen molar-refractivity contribution in [2.45, 2.75) is 13.3 Å². The minimum atomic E-state index is -0.0319. The lowest BCUT2D eigenvalue weighted by molar-refractivity contribution is 0.0536. The van der Waals surface area contributed by atoms with E-state index in [2.05, 4.69) is 12.0 Å². The van der Waals surface area contributed by atoms with Crippen molar-refractivity contribution in [2.24, 2.45) is 0 Å². The van der Waals surface area contributed by atoms with Crippen molar-refractivity contribution in [1.29, 1.82) is 0 Å². The van der Waals surface area contributed by atoms with Gasteiger partial charge in [-0.25, -0.2) is 4.52 Å². The van der Waals surface area contributed by atoms with E-state index in [4.69, 9.17) is 0 Å². The maximum absolute atomic E-state index is 12.9. The highest BCUT2D eigenvalue weighted by Gasteiger charge is 2.26. The second kappa shape index (κ2) is 7.23. The molecule has 0 spiro atoms. The summed E-state index contributed by atoms with van der Waals surface area (Å²) in [6.07, 6.45) is 4.40. The van der Waals surface area contributed by atoms with E-state index in [1.807, 2.05) is 53.6 Å². The van der Waals surface area contributed by atoms with E-state index >= 15 is 0 Å². The number of fused-ring (bicyclic) bond motifs is 1. The molecule has 3 heterocycles. The van der Waals surface area contributed by atoms with Crippen LogP contribution in [-0.2, 0) is 6.42 Å². The summed E-state index contributed by atoms with van der Waals surface area (Å²) >= 11 is 0. The lowest BCUT2D eigenvalue weighted by Gasteiger charge is -2.34. The van der Waals surface area contributed by atoms with Crippen molar-refractivity contribution in [3.05, 3.63) is 71.5 Å². The minimum absolute atomic E-state index is 0.0285. The van der Waals surface area contributed by atoms with Crippen LogP contribution in [0, 0.1) is 0 Å². The topological polar surface area (TPSA) is 57.9 Å². The van der Waals surface area contributed by atoms with Gasteiger partial charge in [0, 0.05) is 37.9 Å². The van der Waals surface area contributed by atoms with Gasteiger partial charge >= 0.3 is 0 Å². The van der Waals surface area contributed by atoms with E-state index in [1.54, 1.807) is 15.6 Å². The number of piperazine rings is 1. The summed E-state index contributed by atoms with van der Waals surface area (Å²) in [5, 5.41) is 4.24. The third-order valence-electron chi connectivity index (χ3n) is 5.12. The largest absolute Gasteiger partial charge is 0.335 e. The number of carbonyl (C=O) groups is 2. The fourth-order valence-corrected chi connectivity index (χ4v) is 3.45. The lowest BCUT2D eigenvalue weighted by atomic mass is 10.1. The van der Waals surface area contributed by atoms with Gasteiger partial charge in [0.2, 0.25) is 0 Å². The van der Waals surface area contributed by atoms with E-state index in [0.29, 0.717) is 37.3 Å². The van der Waals surface area contributed by atoms with Crippen molar-refractivity contribution in [3.63, 3.8) is 0 Å². The van der Waals surface area contributed by atoms with Crippen LogP contribution in [0.2, 0.25) is 0 Å². The van der Waals surface area contributed by atoms with Gasteiger partial charge in [-0.1, -0.05) is 25.1 Å². The monoisotopic (exact) mass is 362 g/mol. The molecule has 6 nitrogen and oxygen atoms in total. The molecule has 138 valence electrons. The molecular weight excluding hydrogens is 340 g/mol. The van der Waals surface area contributed by atoms with Crippen LogP contribution >= 0.6 is 0 Å². The minimum Gasteiger partial charge on any atom is -0.335 e. The second-order valence-electron chi connectivity index (χ2n) is 6.72. The molecule has 0 N–H and O–H groups in total. The number of benzene rings is 1. The molecule has 1 saturated heterocycles. The summed E-state index contributed by atoms with van der Waals surface area (Å²) in [7, 11) is 0. The van der Waals surface area contributed by atoms with E-state index in [-0.39, 0.29) is 11.8 Å². The summed E-state index contributed by atoms with van der Waals surface area (Å²) in [5.41, 5.74) is 3.33. The number of aromatic nitrogens is 2. The number of nitrogens with zero attached hydrogens (tertiary/aromatic N) is 4. The Bertz CT molecular complexity index is 969. The van der Waals surface area contributed by atoms with Crippen LogP contribution in [-0.4, -0.2) is 57.4 Å². The maximum atomic E-state index is 12.9. The average molecular weight is 362 g/mol. The second-order valence-corrected chi connectivity index (χ2v) is 6.72. The molecule has 1 aliphatic heterocycles. The van der Waals surface area contributed by atoms with Crippen LogP contribution in [0.3, 0.4) is 0 Å². The zero-order chi connectivity index (χ0) is 18.8. The van der Waals surface area contributed by atoms with Crippen LogP contribution < -0.4 is 0 Å². The van der Waals surface area contributed by atoms with E-state index in [0.717, 1.165) is 11.9 Å². The molecule has 0 saturated carbocycles. The highest BCUT2D eigenvalue weighted by Crippen LogP contribution is 2.16. The Labute approximate surface area is 158 Å². The Balaban J connectivity index is 1.42. The molecule has 4 rings (SSSR count). The zero-order valence-corrected chi connectivity index (χ0v) is 15.3. The fourth-order valence-electron chi connectivity index (χ4n) is 3.45. The average Bonchev–Trinajstić information content (AvgIpc) is 3.17. The smallest absolute Gasteiger partial charge is 0.257 e. The van der Waals surface area contributed by atoms with E-state index < -0.39 is 0 Å². The molecular formula is C21H22N4O2. The molecule has 0 unspecified atom stereocenters. The first-order chi connectivity index (χ1) is 13.2. The fraction of sp³-hybridized carbons (Fsp3) is 0.286. The van der Waals surface area contributed by atoms with Gasteiger partial charge in [-0.3, -0.25) is 9.59 Å². The summed E-state index contributed by atoms with van der Waals surface area (Å²) in [6, 6.07) is 13.4. The molecule has 2 amide bonds. The van der Waals surface area contributed by atoms with Crippen LogP contribution in [0.25, 0.3) is 5.52 Å². The van der Waals surface area contributed by atoms with Gasteiger partial charge in [0.15, 0.2) is 0 Å². The number of aryl methyl sites for hydroxylation is 1. The Kier molecular flexibility index (Phi) is 4.62. The lowest BCUT2D eigenvalue weighted by Crippen LogP contribution is -2.50. The molecule has 1 fully saturated rings. The number of rotatable bonds is 3. The van der Waals surface area contributed by atoms with Gasteiger partial charge in [0.1, 0.15) is 0 Å². The number of hydrogen-bond donors (Lipinski definition) is 0. The molecule has 1 aromatic carbocycles. The Morgan fingerprint density at radius 3 is 2.26 bits per heavy atom. The molecule has 1 aliphatic rings. The molecule has 6 heteroatoms. The first-order valence-corrected chi connectivity index (χ1v) is 9.27. The molecule has 3 aromatic rings. The van der Waals surface area contributed by atoms with Crippen LogP contribution in [0.15, 0.2) is 54.9 Å².